The van der Waals surface area contributed by atoms with Crippen molar-refractivity contribution in [2.45, 2.75) is 19.9 Å². The van der Waals surface area contributed by atoms with E-state index in [0.29, 0.717) is 6.61 Å². The second-order valence-electron chi connectivity index (χ2n) is 4.63. The lowest BCUT2D eigenvalue weighted by molar-refractivity contribution is 0.227. The Labute approximate surface area is 108 Å². The number of piperazine rings is 1. The predicted molar refractivity (Wildman–Crippen MR) is 70.3 cm³/mol. The third-order valence-corrected chi connectivity index (χ3v) is 3.09. The Morgan fingerprint density at radius 2 is 2.11 bits per heavy atom. The Morgan fingerprint density at radius 1 is 1.33 bits per heavy atom. The van der Waals surface area contributed by atoms with Gasteiger partial charge in [0.2, 0.25) is 0 Å². The van der Waals surface area contributed by atoms with Crippen molar-refractivity contribution in [1.29, 1.82) is 0 Å². The number of benzene rings is 1. The van der Waals surface area contributed by atoms with Crippen molar-refractivity contribution >= 4 is 0 Å². The number of halogens is 1. The van der Waals surface area contributed by atoms with Crippen LogP contribution in [-0.4, -0.2) is 37.7 Å². The second kappa shape index (κ2) is 6.71. The minimum absolute atomic E-state index is 0.191. The van der Waals surface area contributed by atoms with E-state index in [9.17, 15) is 4.39 Å². The number of nitrogens with one attached hydrogen (secondary N) is 1. The van der Waals surface area contributed by atoms with Gasteiger partial charge in [-0.15, -0.1) is 0 Å². The van der Waals surface area contributed by atoms with Crippen molar-refractivity contribution in [1.82, 2.24) is 10.2 Å². The molecule has 3 nitrogen and oxygen atoms in total. The highest BCUT2D eigenvalue weighted by atomic mass is 19.1. The van der Waals surface area contributed by atoms with Gasteiger partial charge in [-0.25, -0.2) is 4.39 Å². The van der Waals surface area contributed by atoms with E-state index in [4.69, 9.17) is 4.74 Å². The summed E-state index contributed by atoms with van der Waals surface area (Å²) in [7, 11) is 0. The fourth-order valence-electron chi connectivity index (χ4n) is 2.13. The van der Waals surface area contributed by atoms with E-state index in [1.165, 1.54) is 6.07 Å². The van der Waals surface area contributed by atoms with Crippen LogP contribution >= 0.6 is 0 Å². The van der Waals surface area contributed by atoms with Gasteiger partial charge in [-0.1, -0.05) is 6.92 Å². The van der Waals surface area contributed by atoms with Gasteiger partial charge in [0.1, 0.15) is 11.6 Å². The van der Waals surface area contributed by atoms with Gasteiger partial charge in [0.25, 0.3) is 0 Å². The number of ether oxygens (including phenoxy) is 1. The quantitative estimate of drug-likeness (QED) is 0.867. The molecule has 0 saturated carbocycles. The van der Waals surface area contributed by atoms with Crippen molar-refractivity contribution in [3.05, 3.63) is 29.6 Å². The summed E-state index contributed by atoms with van der Waals surface area (Å²) in [6.07, 6.45) is 0.963. The Morgan fingerprint density at radius 3 is 2.83 bits per heavy atom. The zero-order valence-electron chi connectivity index (χ0n) is 10.9. The van der Waals surface area contributed by atoms with E-state index in [2.05, 4.69) is 17.1 Å². The van der Waals surface area contributed by atoms with Gasteiger partial charge in [-0.3, -0.25) is 4.90 Å². The molecule has 0 amide bonds. The summed E-state index contributed by atoms with van der Waals surface area (Å²) in [5.74, 6) is 0.626. The van der Waals surface area contributed by atoms with E-state index in [1.807, 2.05) is 0 Å². The number of hydrogen-bond donors (Lipinski definition) is 1. The highest BCUT2D eigenvalue weighted by molar-refractivity contribution is 5.34. The Bertz CT molecular complexity index is 378. The van der Waals surface area contributed by atoms with Gasteiger partial charge in [-0.05, 0) is 24.6 Å². The van der Waals surface area contributed by atoms with Crippen LogP contribution in [0.3, 0.4) is 0 Å². The maximum absolute atomic E-state index is 13.3. The average Bonchev–Trinajstić information content (AvgIpc) is 2.39. The molecule has 1 N–H and O–H groups in total. The highest BCUT2D eigenvalue weighted by Crippen LogP contribution is 2.22. The molecule has 0 aliphatic carbocycles. The molecule has 0 unspecified atom stereocenters. The average molecular weight is 252 g/mol. The molecule has 4 heteroatoms. The molecule has 1 heterocycles. The van der Waals surface area contributed by atoms with E-state index in [1.54, 1.807) is 12.1 Å². The highest BCUT2D eigenvalue weighted by Gasteiger charge is 2.13. The molecule has 1 aliphatic heterocycles. The van der Waals surface area contributed by atoms with Gasteiger partial charge >= 0.3 is 0 Å². The lowest BCUT2D eigenvalue weighted by atomic mass is 10.1. The maximum Gasteiger partial charge on any atom is 0.123 e. The summed E-state index contributed by atoms with van der Waals surface area (Å²) < 4.78 is 19.0. The minimum Gasteiger partial charge on any atom is -0.493 e. The fourth-order valence-corrected chi connectivity index (χ4v) is 2.13. The first kappa shape index (κ1) is 13.3. The molecular formula is C14H21FN2O. The summed E-state index contributed by atoms with van der Waals surface area (Å²) >= 11 is 0. The summed E-state index contributed by atoms with van der Waals surface area (Å²) in [6, 6.07) is 4.79. The smallest absolute Gasteiger partial charge is 0.123 e. The van der Waals surface area contributed by atoms with E-state index in [0.717, 1.165) is 50.5 Å². The third-order valence-electron chi connectivity index (χ3n) is 3.09. The molecule has 0 aromatic heterocycles. The van der Waals surface area contributed by atoms with Crippen molar-refractivity contribution < 1.29 is 9.13 Å². The normalized spacial score (nSPS) is 16.8. The van der Waals surface area contributed by atoms with Crippen LogP contribution in [0.5, 0.6) is 5.75 Å². The second-order valence-corrected chi connectivity index (χ2v) is 4.63. The van der Waals surface area contributed by atoms with Gasteiger partial charge < -0.3 is 10.1 Å². The molecule has 1 saturated heterocycles. The van der Waals surface area contributed by atoms with Crippen LogP contribution in [0.1, 0.15) is 18.9 Å². The van der Waals surface area contributed by atoms with E-state index >= 15 is 0 Å². The molecule has 0 spiro atoms. The predicted octanol–water partition coefficient (Wildman–Crippen LogP) is 2.02. The topological polar surface area (TPSA) is 24.5 Å². The lowest BCUT2D eigenvalue weighted by Crippen LogP contribution is -2.42. The lowest BCUT2D eigenvalue weighted by Gasteiger charge is -2.27. The standard InChI is InChI=1S/C14H21FN2O/c1-2-9-18-14-4-3-13(15)10-12(14)11-17-7-5-16-6-8-17/h3-4,10,16H,2,5-9,11H2,1H3. The van der Waals surface area contributed by atoms with Crippen LogP contribution in [-0.2, 0) is 6.54 Å². The Kier molecular flexibility index (Phi) is 4.96. The summed E-state index contributed by atoms with van der Waals surface area (Å²) in [5.41, 5.74) is 0.949. The molecule has 1 aromatic rings. The molecule has 0 radical (unpaired) electrons. The van der Waals surface area contributed by atoms with Gasteiger partial charge in [0, 0.05) is 38.3 Å². The van der Waals surface area contributed by atoms with Crippen LogP contribution in [0.25, 0.3) is 0 Å². The number of nitrogens with zero attached hydrogens (tertiary/aromatic N) is 1. The first-order chi connectivity index (χ1) is 8.79. The first-order valence-corrected chi connectivity index (χ1v) is 6.64. The van der Waals surface area contributed by atoms with Crippen LogP contribution in [0.15, 0.2) is 18.2 Å². The van der Waals surface area contributed by atoms with Gasteiger partial charge in [0.05, 0.1) is 6.61 Å². The van der Waals surface area contributed by atoms with Crippen molar-refractivity contribution in [3.8, 4) is 5.75 Å². The molecule has 18 heavy (non-hydrogen) atoms. The maximum atomic E-state index is 13.3. The molecule has 1 fully saturated rings. The summed E-state index contributed by atoms with van der Waals surface area (Å²) in [6.45, 7) is 7.52. The molecule has 100 valence electrons. The van der Waals surface area contributed by atoms with Crippen LogP contribution in [0.4, 0.5) is 4.39 Å². The molecule has 0 bridgehead atoms. The molecule has 0 atom stereocenters. The molecule has 1 aliphatic rings. The van der Waals surface area contributed by atoms with Crippen molar-refractivity contribution in [3.63, 3.8) is 0 Å². The van der Waals surface area contributed by atoms with Gasteiger partial charge in [-0.2, -0.15) is 0 Å². The first-order valence-electron chi connectivity index (χ1n) is 6.64. The minimum atomic E-state index is -0.191. The van der Waals surface area contributed by atoms with Crippen LogP contribution in [0, 0.1) is 5.82 Å². The Hall–Kier alpha value is -1.13. The largest absolute Gasteiger partial charge is 0.493 e. The molecule has 1 aromatic carbocycles. The zero-order valence-corrected chi connectivity index (χ0v) is 10.9. The third kappa shape index (κ3) is 3.68. The van der Waals surface area contributed by atoms with E-state index < -0.39 is 0 Å². The fraction of sp³-hybridized carbons (Fsp3) is 0.571. The summed E-state index contributed by atoms with van der Waals surface area (Å²) in [5, 5.41) is 3.31. The monoisotopic (exact) mass is 252 g/mol. The van der Waals surface area contributed by atoms with Crippen LogP contribution in [0.2, 0.25) is 0 Å². The van der Waals surface area contributed by atoms with Crippen LogP contribution < -0.4 is 10.1 Å². The van der Waals surface area contributed by atoms with Crippen molar-refractivity contribution in [2.75, 3.05) is 32.8 Å². The zero-order chi connectivity index (χ0) is 12.8. The van der Waals surface area contributed by atoms with Gasteiger partial charge in [0.15, 0.2) is 0 Å². The SMILES string of the molecule is CCCOc1ccc(F)cc1CN1CCNCC1. The Balaban J connectivity index is 2.05. The summed E-state index contributed by atoms with van der Waals surface area (Å²) in [4.78, 5) is 2.32. The molecule has 2 rings (SSSR count). The number of hydrogen-bond acceptors (Lipinski definition) is 3. The molecular weight excluding hydrogens is 231 g/mol. The van der Waals surface area contributed by atoms with Crippen molar-refractivity contribution in [2.24, 2.45) is 0 Å². The van der Waals surface area contributed by atoms with E-state index in [-0.39, 0.29) is 5.82 Å². The number of rotatable bonds is 5.